The van der Waals surface area contributed by atoms with Gasteiger partial charge < -0.3 is 5.73 Å². The summed E-state index contributed by atoms with van der Waals surface area (Å²) in [5.41, 5.74) is 8.57. The molecule has 0 saturated heterocycles. The Balaban J connectivity index is 2.26. The number of hydrogen-bond donors (Lipinski definition) is 1. The molecule has 2 N–H and O–H groups in total. The van der Waals surface area contributed by atoms with Crippen LogP contribution in [0.3, 0.4) is 0 Å². The third-order valence-electron chi connectivity index (χ3n) is 2.40. The molecule has 86 valence electrons. The van der Waals surface area contributed by atoms with E-state index >= 15 is 0 Å². The van der Waals surface area contributed by atoms with Crippen molar-refractivity contribution in [3.05, 3.63) is 22.5 Å². The maximum atomic E-state index is 5.48. The van der Waals surface area contributed by atoms with Crippen LogP contribution in [0.2, 0.25) is 0 Å². The normalized spacial score (nSPS) is 10.9. The second kappa shape index (κ2) is 4.71. The van der Waals surface area contributed by atoms with Crippen molar-refractivity contribution in [3.63, 3.8) is 0 Å². The van der Waals surface area contributed by atoms with E-state index in [0.29, 0.717) is 6.54 Å². The van der Waals surface area contributed by atoms with E-state index in [1.807, 2.05) is 19.2 Å². The minimum atomic E-state index is 0.683. The highest BCUT2D eigenvalue weighted by atomic mass is 32.1. The van der Waals surface area contributed by atoms with E-state index in [1.54, 1.807) is 16.0 Å². The van der Waals surface area contributed by atoms with Crippen molar-refractivity contribution in [3.8, 4) is 5.13 Å². The zero-order valence-electron chi connectivity index (χ0n) is 9.47. The van der Waals surface area contributed by atoms with Crippen molar-refractivity contribution in [2.24, 2.45) is 5.73 Å². The molecule has 0 spiro atoms. The van der Waals surface area contributed by atoms with Gasteiger partial charge >= 0.3 is 0 Å². The summed E-state index contributed by atoms with van der Waals surface area (Å²) in [7, 11) is 0. The van der Waals surface area contributed by atoms with E-state index in [-0.39, 0.29) is 0 Å². The minimum Gasteiger partial charge on any atom is -0.330 e. The average molecular weight is 237 g/mol. The molecule has 0 atom stereocenters. The van der Waals surface area contributed by atoms with Gasteiger partial charge in [-0.2, -0.15) is 4.68 Å². The molecule has 0 unspecified atom stereocenters. The monoisotopic (exact) mass is 237 g/mol. The lowest BCUT2D eigenvalue weighted by atomic mass is 10.2. The third kappa shape index (κ3) is 2.12. The number of aryl methyl sites for hydroxylation is 2. The first-order chi connectivity index (χ1) is 7.72. The predicted octanol–water partition coefficient (Wildman–Crippen LogP) is 1.23. The van der Waals surface area contributed by atoms with E-state index in [2.05, 4.69) is 15.3 Å². The lowest BCUT2D eigenvalue weighted by Crippen LogP contribution is -2.02. The van der Waals surface area contributed by atoms with Crippen LogP contribution in [0.25, 0.3) is 5.13 Å². The summed E-state index contributed by atoms with van der Waals surface area (Å²) in [6, 6.07) is 0. The van der Waals surface area contributed by atoms with Crippen molar-refractivity contribution in [2.75, 3.05) is 6.54 Å². The van der Waals surface area contributed by atoms with Gasteiger partial charge in [0.05, 0.1) is 17.1 Å². The number of nitrogens with two attached hydrogens (primary N) is 1. The number of aromatic nitrogens is 4. The molecule has 0 aliphatic rings. The number of hydrogen-bond acceptors (Lipinski definition) is 5. The molecule has 2 heterocycles. The number of rotatable bonds is 4. The quantitative estimate of drug-likeness (QED) is 0.868. The zero-order valence-corrected chi connectivity index (χ0v) is 10.3. The topological polar surface area (TPSA) is 69.6 Å². The first kappa shape index (κ1) is 11.2. The molecule has 0 amide bonds. The van der Waals surface area contributed by atoms with E-state index in [1.165, 1.54) is 0 Å². The SMILES string of the molecule is Cc1csc(-n2nnc(CCCN)c2C)n1. The molecule has 0 fully saturated rings. The molecule has 5 nitrogen and oxygen atoms in total. The Bertz CT molecular complexity index is 473. The molecule has 0 radical (unpaired) electrons. The molecule has 6 heteroatoms. The lowest BCUT2D eigenvalue weighted by molar-refractivity contribution is 0.769. The smallest absolute Gasteiger partial charge is 0.212 e. The van der Waals surface area contributed by atoms with Gasteiger partial charge in [0.25, 0.3) is 0 Å². The first-order valence-corrected chi connectivity index (χ1v) is 6.14. The van der Waals surface area contributed by atoms with Crippen LogP contribution in [0.5, 0.6) is 0 Å². The molecular formula is C10H15N5S. The Morgan fingerprint density at radius 2 is 2.25 bits per heavy atom. The van der Waals surface area contributed by atoms with Gasteiger partial charge in [-0.05, 0) is 33.2 Å². The maximum Gasteiger partial charge on any atom is 0.212 e. The van der Waals surface area contributed by atoms with Gasteiger partial charge in [0.2, 0.25) is 5.13 Å². The van der Waals surface area contributed by atoms with E-state index in [0.717, 1.165) is 35.1 Å². The molecule has 0 aromatic carbocycles. The fourth-order valence-electron chi connectivity index (χ4n) is 1.48. The highest BCUT2D eigenvalue weighted by Crippen LogP contribution is 2.17. The van der Waals surface area contributed by atoms with E-state index in [4.69, 9.17) is 5.73 Å². The summed E-state index contributed by atoms with van der Waals surface area (Å²) in [4.78, 5) is 4.39. The highest BCUT2D eigenvalue weighted by molar-refractivity contribution is 7.12. The van der Waals surface area contributed by atoms with Gasteiger partial charge in [-0.3, -0.25) is 0 Å². The van der Waals surface area contributed by atoms with Crippen LogP contribution in [0.4, 0.5) is 0 Å². The Hall–Kier alpha value is -1.27. The standard InChI is InChI=1S/C10H15N5S/c1-7-6-16-10(12-7)15-8(2)9(13-14-15)4-3-5-11/h6H,3-5,11H2,1-2H3. The lowest BCUT2D eigenvalue weighted by Gasteiger charge is -1.98. The van der Waals surface area contributed by atoms with Crippen LogP contribution in [-0.4, -0.2) is 26.5 Å². The average Bonchev–Trinajstić information content (AvgIpc) is 2.83. The molecule has 2 aromatic heterocycles. The number of thiazole rings is 1. The fraction of sp³-hybridized carbons (Fsp3) is 0.500. The fourth-order valence-corrected chi connectivity index (χ4v) is 2.28. The molecular weight excluding hydrogens is 222 g/mol. The Morgan fingerprint density at radius 1 is 1.44 bits per heavy atom. The Morgan fingerprint density at radius 3 is 2.88 bits per heavy atom. The van der Waals surface area contributed by atoms with E-state index < -0.39 is 0 Å². The predicted molar refractivity (Wildman–Crippen MR) is 63.9 cm³/mol. The second-order valence-corrected chi connectivity index (χ2v) is 4.53. The minimum absolute atomic E-state index is 0.683. The van der Waals surface area contributed by atoms with Gasteiger partial charge in [-0.1, -0.05) is 5.21 Å². The van der Waals surface area contributed by atoms with Crippen LogP contribution in [0, 0.1) is 13.8 Å². The Kier molecular flexibility index (Phi) is 3.31. The molecule has 2 rings (SSSR count). The summed E-state index contributed by atoms with van der Waals surface area (Å²) in [5.74, 6) is 0. The molecule has 0 aliphatic carbocycles. The van der Waals surface area contributed by atoms with Crippen LogP contribution in [0.15, 0.2) is 5.38 Å². The van der Waals surface area contributed by atoms with Gasteiger partial charge in [-0.15, -0.1) is 16.4 Å². The maximum absolute atomic E-state index is 5.48. The van der Waals surface area contributed by atoms with Crippen LogP contribution >= 0.6 is 11.3 Å². The summed E-state index contributed by atoms with van der Waals surface area (Å²) >= 11 is 1.58. The van der Waals surface area contributed by atoms with Gasteiger partial charge in [0.15, 0.2) is 0 Å². The largest absolute Gasteiger partial charge is 0.330 e. The second-order valence-electron chi connectivity index (χ2n) is 3.70. The third-order valence-corrected chi connectivity index (χ3v) is 3.33. The van der Waals surface area contributed by atoms with Crippen LogP contribution in [-0.2, 0) is 6.42 Å². The van der Waals surface area contributed by atoms with Crippen LogP contribution in [0.1, 0.15) is 23.5 Å². The highest BCUT2D eigenvalue weighted by Gasteiger charge is 2.11. The van der Waals surface area contributed by atoms with Crippen molar-refractivity contribution >= 4 is 11.3 Å². The molecule has 2 aromatic rings. The molecule has 16 heavy (non-hydrogen) atoms. The zero-order chi connectivity index (χ0) is 11.5. The summed E-state index contributed by atoms with van der Waals surface area (Å²) in [6.07, 6.45) is 1.82. The van der Waals surface area contributed by atoms with Crippen molar-refractivity contribution in [1.29, 1.82) is 0 Å². The van der Waals surface area contributed by atoms with Crippen molar-refractivity contribution in [1.82, 2.24) is 20.0 Å². The molecule has 0 saturated carbocycles. The number of nitrogens with zero attached hydrogens (tertiary/aromatic N) is 4. The van der Waals surface area contributed by atoms with E-state index in [9.17, 15) is 0 Å². The van der Waals surface area contributed by atoms with Crippen molar-refractivity contribution in [2.45, 2.75) is 26.7 Å². The molecule has 0 bridgehead atoms. The first-order valence-electron chi connectivity index (χ1n) is 5.26. The Labute approximate surface area is 98.3 Å². The van der Waals surface area contributed by atoms with Gasteiger partial charge in [0.1, 0.15) is 0 Å². The van der Waals surface area contributed by atoms with Crippen molar-refractivity contribution < 1.29 is 0 Å². The molecule has 0 aliphatic heterocycles. The van der Waals surface area contributed by atoms with Crippen LogP contribution < -0.4 is 5.73 Å². The summed E-state index contributed by atoms with van der Waals surface area (Å²) in [5, 5.41) is 11.2. The summed E-state index contributed by atoms with van der Waals surface area (Å²) < 4.78 is 1.80. The van der Waals surface area contributed by atoms with Gasteiger partial charge in [0, 0.05) is 5.38 Å². The van der Waals surface area contributed by atoms with Gasteiger partial charge in [-0.25, -0.2) is 4.98 Å². The summed E-state index contributed by atoms with van der Waals surface area (Å²) in [6.45, 7) is 4.67.